The summed E-state index contributed by atoms with van der Waals surface area (Å²) in [7, 11) is 2.59. The lowest BCUT2D eigenvalue weighted by Gasteiger charge is -2.31. The molecule has 2 aromatic carbocycles. The number of nitrogens with one attached hydrogen (secondary N) is 4. The molecule has 0 spiro atoms. The highest BCUT2D eigenvalue weighted by atomic mass is 16.5. The van der Waals surface area contributed by atoms with Crippen molar-refractivity contribution in [3.63, 3.8) is 0 Å². The van der Waals surface area contributed by atoms with Gasteiger partial charge in [-0.05, 0) is 73.6 Å². The zero-order valence-corrected chi connectivity index (χ0v) is 33.6. The molecule has 2 aliphatic carbocycles. The molecule has 8 rings (SSSR count). The Hall–Kier alpha value is -6.10. The Bertz CT molecular complexity index is 2130. The summed E-state index contributed by atoms with van der Waals surface area (Å²) in [6.45, 7) is 7.65. The number of amides is 4. The molecule has 2 saturated heterocycles. The molecule has 14 nitrogen and oxygen atoms in total. The van der Waals surface area contributed by atoms with Gasteiger partial charge in [0, 0.05) is 34.3 Å². The van der Waals surface area contributed by atoms with Gasteiger partial charge in [0.15, 0.2) is 0 Å². The quantitative estimate of drug-likeness (QED) is 0.143. The molecule has 2 saturated carbocycles. The van der Waals surface area contributed by atoms with Gasteiger partial charge in [-0.2, -0.15) is 0 Å². The number of fused-ring (bicyclic) bond motifs is 2. The molecule has 0 bridgehead atoms. The maximum atomic E-state index is 13.8. The molecule has 2 aliphatic heterocycles. The molecule has 0 radical (unpaired) electrons. The van der Waals surface area contributed by atoms with Gasteiger partial charge in [-0.25, -0.2) is 19.6 Å². The van der Waals surface area contributed by atoms with Crippen LogP contribution in [0.2, 0.25) is 0 Å². The molecular weight excluding hydrogens is 737 g/mol. The summed E-state index contributed by atoms with van der Waals surface area (Å²) >= 11 is 0. The van der Waals surface area contributed by atoms with Gasteiger partial charge in [0.1, 0.15) is 23.7 Å². The molecule has 8 atom stereocenters. The molecule has 2 aromatic heterocycles. The van der Waals surface area contributed by atoms with Crippen LogP contribution in [0.25, 0.3) is 22.5 Å². The fourth-order valence-corrected chi connectivity index (χ4v) is 8.73. The first-order valence-corrected chi connectivity index (χ1v) is 20.1. The molecule has 4 amide bonds. The van der Waals surface area contributed by atoms with Crippen molar-refractivity contribution in [3.8, 4) is 34.4 Å². The molecule has 302 valence electrons. The van der Waals surface area contributed by atoms with Gasteiger partial charge in [0.2, 0.25) is 11.8 Å². The van der Waals surface area contributed by atoms with Crippen molar-refractivity contribution in [1.82, 2.24) is 40.4 Å². The first-order valence-electron chi connectivity index (χ1n) is 20.1. The van der Waals surface area contributed by atoms with Crippen LogP contribution in [0.1, 0.15) is 88.2 Å². The van der Waals surface area contributed by atoms with Crippen LogP contribution in [0.3, 0.4) is 0 Å². The van der Waals surface area contributed by atoms with Crippen molar-refractivity contribution in [3.05, 3.63) is 83.7 Å². The van der Waals surface area contributed by atoms with Crippen molar-refractivity contribution in [2.45, 2.75) is 89.6 Å². The van der Waals surface area contributed by atoms with E-state index in [1.165, 1.54) is 14.2 Å². The van der Waals surface area contributed by atoms with E-state index in [4.69, 9.17) is 19.4 Å². The minimum atomic E-state index is -0.691. The van der Waals surface area contributed by atoms with Crippen molar-refractivity contribution in [1.29, 1.82) is 0 Å². The van der Waals surface area contributed by atoms with E-state index in [1.54, 1.807) is 12.4 Å². The Kier molecular flexibility index (Phi) is 10.5. The van der Waals surface area contributed by atoms with Gasteiger partial charge in [-0.1, -0.05) is 63.8 Å². The van der Waals surface area contributed by atoms with Crippen LogP contribution in [-0.4, -0.2) is 92.1 Å². The maximum absolute atomic E-state index is 13.8. The second-order valence-corrected chi connectivity index (χ2v) is 16.6. The zero-order chi connectivity index (χ0) is 40.8. The Balaban J connectivity index is 0.958. The number of hydrogen-bond acceptors (Lipinski definition) is 8. The van der Waals surface area contributed by atoms with Crippen LogP contribution in [0.5, 0.6) is 0 Å². The number of rotatable bonds is 10. The number of likely N-dealkylation sites (tertiary alicyclic amines) is 2. The number of piperidine rings is 2. The van der Waals surface area contributed by atoms with E-state index in [0.717, 1.165) is 71.0 Å². The third kappa shape index (κ3) is 7.65. The minimum absolute atomic E-state index is 0.109. The number of aromatic amines is 2. The monoisotopic (exact) mass is 786 g/mol. The van der Waals surface area contributed by atoms with E-state index in [2.05, 4.69) is 32.4 Å². The maximum Gasteiger partial charge on any atom is 0.407 e. The first-order chi connectivity index (χ1) is 27.9. The number of hydrogen-bond donors (Lipinski definition) is 4. The molecule has 58 heavy (non-hydrogen) atoms. The molecular formula is C44H50N8O6. The summed E-state index contributed by atoms with van der Waals surface area (Å²) < 4.78 is 9.59. The van der Waals surface area contributed by atoms with Gasteiger partial charge in [0.25, 0.3) is 0 Å². The van der Waals surface area contributed by atoms with Crippen LogP contribution in [0, 0.1) is 35.5 Å². The standard InChI is InChI=1S/C44H50N8O6/c1-23(2)37(49-43(55)57-5)41(53)51-33-17-29(33)19-35(51)39-45-21-31(47-39)27-11-7-9-25(15-27)13-14-26-10-8-12-28(16-26)32-22-46-40(48-32)36-20-30-18-34(30)52(36)42(54)38(24(3)4)50-44(56)58-6/h7-12,15-16,21-24,29-30,33-38H,17-20H2,1-6H3,(H,45,47)(H,46,48)(H,49,55)(H,50,56)/t29-,30-,33-,34-,35+,36+,37+,38+/m1/s1. The topological polar surface area (TPSA) is 175 Å². The van der Waals surface area contributed by atoms with E-state index in [9.17, 15) is 19.2 Å². The number of carbonyl (C=O) groups is 4. The minimum Gasteiger partial charge on any atom is -0.453 e. The summed E-state index contributed by atoms with van der Waals surface area (Å²) in [4.78, 5) is 72.0. The Labute approximate surface area is 337 Å². The van der Waals surface area contributed by atoms with Crippen LogP contribution in [-0.2, 0) is 19.1 Å². The lowest BCUT2D eigenvalue weighted by atomic mass is 10.0. The van der Waals surface area contributed by atoms with Gasteiger partial charge >= 0.3 is 12.2 Å². The normalized spacial score (nSPS) is 23.7. The number of H-pyrrole nitrogens is 2. The molecule has 4 aliphatic rings. The van der Waals surface area contributed by atoms with Crippen molar-refractivity contribution >= 4 is 24.0 Å². The van der Waals surface area contributed by atoms with Crippen molar-refractivity contribution in [2.75, 3.05) is 14.2 Å². The fraction of sp³-hybridized carbons (Fsp3) is 0.455. The summed E-state index contributed by atoms with van der Waals surface area (Å²) in [5, 5.41) is 5.46. The Morgan fingerprint density at radius 1 is 0.672 bits per heavy atom. The smallest absolute Gasteiger partial charge is 0.407 e. The molecule has 4 aromatic rings. The zero-order valence-electron chi connectivity index (χ0n) is 33.6. The van der Waals surface area contributed by atoms with Gasteiger partial charge < -0.3 is 39.9 Å². The second-order valence-electron chi connectivity index (χ2n) is 16.6. The molecule has 0 unspecified atom stereocenters. The van der Waals surface area contributed by atoms with Gasteiger partial charge in [0.05, 0.1) is 50.1 Å². The highest BCUT2D eigenvalue weighted by molar-refractivity contribution is 5.88. The molecule has 4 fully saturated rings. The molecule has 4 N–H and O–H groups in total. The fourth-order valence-electron chi connectivity index (χ4n) is 8.73. The van der Waals surface area contributed by atoms with E-state index >= 15 is 0 Å². The van der Waals surface area contributed by atoms with Gasteiger partial charge in [-0.3, -0.25) is 9.59 Å². The van der Waals surface area contributed by atoms with E-state index in [0.29, 0.717) is 11.8 Å². The van der Waals surface area contributed by atoms with E-state index < -0.39 is 24.3 Å². The van der Waals surface area contributed by atoms with Crippen LogP contribution in [0.15, 0.2) is 60.9 Å². The lowest BCUT2D eigenvalue weighted by molar-refractivity contribution is -0.137. The van der Waals surface area contributed by atoms with Crippen LogP contribution in [0.4, 0.5) is 9.59 Å². The number of benzene rings is 2. The number of carbonyl (C=O) groups excluding carboxylic acids is 4. The number of methoxy groups -OCH3 is 2. The summed E-state index contributed by atoms with van der Waals surface area (Å²) in [5.74, 6) is 8.50. The molecule has 14 heteroatoms. The predicted molar refractivity (Wildman–Crippen MR) is 215 cm³/mol. The van der Waals surface area contributed by atoms with E-state index in [-0.39, 0.29) is 47.8 Å². The summed E-state index contributed by atoms with van der Waals surface area (Å²) in [5.41, 5.74) is 5.18. The van der Waals surface area contributed by atoms with Crippen molar-refractivity contribution < 1.29 is 28.7 Å². The SMILES string of the molecule is COC(=O)N[C@H](C(=O)N1[C@@H]2C[C@@H]2C[C@H]1c1ncc(-c2cccc(C#Cc3cccc(-c4cnc([C@@H]5C[C@H]6C[C@H]6N5C(=O)[C@@H](NC(=O)OC)C(C)C)[nH]4)c3)c2)[nH]1)C(C)C. The number of nitrogens with zero attached hydrogens (tertiary/aromatic N) is 4. The van der Waals surface area contributed by atoms with Crippen LogP contribution < -0.4 is 10.6 Å². The second kappa shape index (κ2) is 15.7. The third-order valence-corrected chi connectivity index (χ3v) is 12.0. The lowest BCUT2D eigenvalue weighted by Crippen LogP contribution is -2.52. The Morgan fingerprint density at radius 2 is 1.09 bits per heavy atom. The first kappa shape index (κ1) is 38.8. The third-order valence-electron chi connectivity index (χ3n) is 12.0. The summed E-state index contributed by atoms with van der Waals surface area (Å²) in [6, 6.07) is 14.4. The number of aromatic nitrogens is 4. The van der Waals surface area contributed by atoms with Crippen molar-refractivity contribution in [2.24, 2.45) is 23.7 Å². The average Bonchev–Trinajstić information content (AvgIpc) is 3.81. The number of imidazole rings is 2. The molecule has 4 heterocycles. The highest BCUT2D eigenvalue weighted by Gasteiger charge is 2.57. The largest absolute Gasteiger partial charge is 0.453 e. The average molecular weight is 787 g/mol. The number of ether oxygens (including phenoxy) is 2. The van der Waals surface area contributed by atoms with E-state index in [1.807, 2.05) is 86.0 Å². The van der Waals surface area contributed by atoms with Crippen LogP contribution >= 0.6 is 0 Å². The van der Waals surface area contributed by atoms with Gasteiger partial charge in [-0.15, -0.1) is 0 Å². The highest BCUT2D eigenvalue weighted by Crippen LogP contribution is 2.54. The number of alkyl carbamates (subject to hydrolysis) is 2. The summed E-state index contributed by atoms with van der Waals surface area (Å²) in [6.07, 6.45) is 5.94. The Morgan fingerprint density at radius 3 is 1.47 bits per heavy atom. The predicted octanol–water partition coefficient (Wildman–Crippen LogP) is 5.95.